The molecule has 1 aliphatic rings. The van der Waals surface area contributed by atoms with Gasteiger partial charge in [0.05, 0.1) is 10.7 Å². The lowest BCUT2D eigenvalue weighted by Gasteiger charge is -2.18. The Morgan fingerprint density at radius 2 is 1.16 bits per heavy atom. The van der Waals surface area contributed by atoms with E-state index in [0.29, 0.717) is 16.2 Å². The van der Waals surface area contributed by atoms with Crippen LogP contribution in [0.3, 0.4) is 0 Å². The van der Waals surface area contributed by atoms with Crippen molar-refractivity contribution in [1.29, 1.82) is 0 Å². The number of hydrogen-bond donors (Lipinski definition) is 0. The predicted octanol–water partition coefficient (Wildman–Crippen LogP) is 6.36. The van der Waals surface area contributed by atoms with Crippen molar-refractivity contribution >= 4 is 39.8 Å². The third-order valence-corrected chi connectivity index (χ3v) is 6.66. The number of carbonyl (C=O) groups is 2. The van der Waals surface area contributed by atoms with Gasteiger partial charge in [0, 0.05) is 23.1 Å². The SMILES string of the molecule is CN1C(=C(C(=O)c2ccccc2)C(=O)c2ccccc2)Sc2cc3ccccc3cc21. The molecule has 1 heterocycles. The van der Waals surface area contributed by atoms with E-state index in [0.717, 1.165) is 21.4 Å². The molecular formula is C27H19NO2S. The number of nitrogens with zero attached hydrogens (tertiary/aromatic N) is 1. The molecule has 0 atom stereocenters. The van der Waals surface area contributed by atoms with Crippen molar-refractivity contribution in [2.75, 3.05) is 11.9 Å². The van der Waals surface area contributed by atoms with Crippen molar-refractivity contribution in [3.8, 4) is 0 Å². The Hall–Kier alpha value is -3.63. The van der Waals surface area contributed by atoms with Crippen LogP contribution in [0.4, 0.5) is 5.69 Å². The van der Waals surface area contributed by atoms with Gasteiger partial charge in [-0.3, -0.25) is 9.59 Å². The van der Waals surface area contributed by atoms with Crippen LogP contribution in [0.15, 0.2) is 113 Å². The summed E-state index contributed by atoms with van der Waals surface area (Å²) in [5, 5.41) is 2.92. The van der Waals surface area contributed by atoms with E-state index in [1.165, 1.54) is 11.8 Å². The molecule has 0 aromatic heterocycles. The number of fused-ring (bicyclic) bond motifs is 2. The zero-order valence-corrected chi connectivity index (χ0v) is 17.7. The van der Waals surface area contributed by atoms with Gasteiger partial charge in [-0.25, -0.2) is 0 Å². The topological polar surface area (TPSA) is 37.4 Å². The normalized spacial score (nSPS) is 12.7. The summed E-state index contributed by atoms with van der Waals surface area (Å²) in [6, 6.07) is 30.4. The Morgan fingerprint density at radius 1 is 0.677 bits per heavy atom. The molecule has 3 nitrogen and oxygen atoms in total. The molecule has 0 radical (unpaired) electrons. The Morgan fingerprint density at radius 3 is 1.71 bits per heavy atom. The lowest BCUT2D eigenvalue weighted by molar-refractivity contribution is 0.0961. The maximum Gasteiger partial charge on any atom is 0.199 e. The third kappa shape index (κ3) is 3.45. The lowest BCUT2D eigenvalue weighted by Crippen LogP contribution is -2.21. The molecule has 0 unspecified atom stereocenters. The first-order valence-electron chi connectivity index (χ1n) is 10.0. The number of benzene rings is 4. The van der Waals surface area contributed by atoms with Crippen LogP contribution in [0.5, 0.6) is 0 Å². The van der Waals surface area contributed by atoms with Gasteiger partial charge in [-0.1, -0.05) is 96.7 Å². The molecule has 0 aliphatic carbocycles. The first-order chi connectivity index (χ1) is 15.1. The van der Waals surface area contributed by atoms with E-state index < -0.39 is 0 Å². The molecule has 31 heavy (non-hydrogen) atoms. The molecule has 0 saturated carbocycles. The van der Waals surface area contributed by atoms with Crippen LogP contribution in [-0.2, 0) is 0 Å². The summed E-state index contributed by atoms with van der Waals surface area (Å²) in [5.41, 5.74) is 2.21. The van der Waals surface area contributed by atoms with Crippen LogP contribution in [0, 0.1) is 0 Å². The zero-order chi connectivity index (χ0) is 21.4. The van der Waals surface area contributed by atoms with Crippen LogP contribution in [-0.4, -0.2) is 18.6 Å². The van der Waals surface area contributed by atoms with E-state index in [9.17, 15) is 9.59 Å². The fraction of sp³-hybridized carbons (Fsp3) is 0.0370. The van der Waals surface area contributed by atoms with Gasteiger partial charge in [0.2, 0.25) is 0 Å². The van der Waals surface area contributed by atoms with E-state index in [4.69, 9.17) is 0 Å². The highest BCUT2D eigenvalue weighted by atomic mass is 32.2. The van der Waals surface area contributed by atoms with E-state index in [1.54, 1.807) is 24.3 Å². The summed E-state index contributed by atoms with van der Waals surface area (Å²) in [7, 11) is 1.92. The van der Waals surface area contributed by atoms with Crippen LogP contribution >= 0.6 is 11.8 Å². The summed E-state index contributed by atoms with van der Waals surface area (Å²) in [6.07, 6.45) is 0. The monoisotopic (exact) mass is 421 g/mol. The fourth-order valence-electron chi connectivity index (χ4n) is 3.82. The Balaban J connectivity index is 1.68. The second-order valence-electron chi connectivity index (χ2n) is 7.40. The average molecular weight is 422 g/mol. The molecule has 0 bridgehead atoms. The largest absolute Gasteiger partial charge is 0.337 e. The third-order valence-electron chi connectivity index (χ3n) is 5.44. The first-order valence-corrected chi connectivity index (χ1v) is 10.8. The van der Waals surface area contributed by atoms with E-state index in [1.807, 2.05) is 60.5 Å². The molecule has 5 rings (SSSR count). The molecule has 4 aromatic rings. The average Bonchev–Trinajstić information content (AvgIpc) is 3.13. The predicted molar refractivity (Wildman–Crippen MR) is 127 cm³/mol. The van der Waals surface area contributed by atoms with E-state index in [2.05, 4.69) is 24.3 Å². The van der Waals surface area contributed by atoms with Crippen LogP contribution in [0.2, 0.25) is 0 Å². The van der Waals surface area contributed by atoms with Crippen LogP contribution in [0.25, 0.3) is 10.8 Å². The van der Waals surface area contributed by atoms with Crippen LogP contribution in [0.1, 0.15) is 20.7 Å². The quantitative estimate of drug-likeness (QED) is 0.166. The van der Waals surface area contributed by atoms with Crippen molar-refractivity contribution in [3.05, 3.63) is 119 Å². The number of thioether (sulfide) groups is 1. The maximum absolute atomic E-state index is 13.6. The molecule has 0 fully saturated rings. The second-order valence-corrected chi connectivity index (χ2v) is 8.43. The van der Waals surface area contributed by atoms with Gasteiger partial charge in [-0.15, -0.1) is 0 Å². The maximum atomic E-state index is 13.6. The molecule has 1 aliphatic heterocycles. The standard InChI is InChI=1S/C27H19NO2S/c1-28-22-16-20-14-8-9-15-21(20)17-23(22)31-27(28)24(25(29)18-10-4-2-5-11-18)26(30)19-12-6-3-7-13-19/h2-17H,1H3. The first kappa shape index (κ1) is 19.3. The van der Waals surface area contributed by atoms with Crippen LogP contribution < -0.4 is 4.90 Å². The summed E-state index contributed by atoms with van der Waals surface area (Å²) in [4.78, 5) is 30.1. The molecule has 0 spiro atoms. The minimum Gasteiger partial charge on any atom is -0.337 e. The van der Waals surface area contributed by atoms with E-state index >= 15 is 0 Å². The highest BCUT2D eigenvalue weighted by Crippen LogP contribution is 2.48. The van der Waals surface area contributed by atoms with Crippen molar-refractivity contribution in [1.82, 2.24) is 0 Å². The Labute approximate surface area is 185 Å². The van der Waals surface area contributed by atoms with Crippen molar-refractivity contribution in [2.45, 2.75) is 4.90 Å². The minimum atomic E-state index is -0.263. The number of allylic oxidation sites excluding steroid dienone is 1. The number of anilines is 1. The number of Topliss-reactive ketones (excluding diaryl/α,β-unsaturated/α-hetero) is 2. The highest BCUT2D eigenvalue weighted by molar-refractivity contribution is 8.03. The smallest absolute Gasteiger partial charge is 0.199 e. The van der Waals surface area contributed by atoms with Gasteiger partial charge >= 0.3 is 0 Å². The van der Waals surface area contributed by atoms with Gasteiger partial charge in [0.1, 0.15) is 5.57 Å². The summed E-state index contributed by atoms with van der Waals surface area (Å²) < 4.78 is 0. The van der Waals surface area contributed by atoms with Gasteiger partial charge in [-0.05, 0) is 22.9 Å². The molecule has 150 valence electrons. The molecule has 0 N–H and O–H groups in total. The summed E-state index contributed by atoms with van der Waals surface area (Å²) >= 11 is 1.48. The molecular weight excluding hydrogens is 402 g/mol. The Bertz CT molecular complexity index is 1290. The van der Waals surface area contributed by atoms with Gasteiger partial charge in [-0.2, -0.15) is 0 Å². The number of rotatable bonds is 4. The fourth-order valence-corrected chi connectivity index (χ4v) is 5.03. The lowest BCUT2D eigenvalue weighted by atomic mass is 9.96. The second kappa shape index (κ2) is 7.89. The van der Waals surface area contributed by atoms with Crippen molar-refractivity contribution in [3.63, 3.8) is 0 Å². The molecule has 4 aromatic carbocycles. The van der Waals surface area contributed by atoms with Gasteiger partial charge < -0.3 is 4.90 Å². The van der Waals surface area contributed by atoms with Gasteiger partial charge in [0.15, 0.2) is 11.6 Å². The summed E-state index contributed by atoms with van der Waals surface area (Å²) in [6.45, 7) is 0. The Kier molecular flexibility index (Phi) is 4.92. The molecule has 0 amide bonds. The zero-order valence-electron chi connectivity index (χ0n) is 16.9. The number of hydrogen-bond acceptors (Lipinski definition) is 4. The number of carbonyl (C=O) groups excluding carboxylic acids is 2. The van der Waals surface area contributed by atoms with Crippen molar-refractivity contribution < 1.29 is 9.59 Å². The van der Waals surface area contributed by atoms with Crippen molar-refractivity contribution in [2.24, 2.45) is 0 Å². The van der Waals surface area contributed by atoms with E-state index in [-0.39, 0.29) is 17.1 Å². The molecule has 0 saturated heterocycles. The number of ketones is 2. The minimum absolute atomic E-state index is 0.199. The van der Waals surface area contributed by atoms with Gasteiger partial charge in [0.25, 0.3) is 0 Å². The highest BCUT2D eigenvalue weighted by Gasteiger charge is 2.33. The summed E-state index contributed by atoms with van der Waals surface area (Å²) in [5.74, 6) is -0.526. The molecule has 4 heteroatoms.